The van der Waals surface area contributed by atoms with Gasteiger partial charge in [0.1, 0.15) is 11.6 Å². The van der Waals surface area contributed by atoms with E-state index in [1.807, 2.05) is 31.2 Å². The lowest BCUT2D eigenvalue weighted by Crippen LogP contribution is -2.03. The van der Waals surface area contributed by atoms with Crippen molar-refractivity contribution in [1.82, 2.24) is 0 Å². The van der Waals surface area contributed by atoms with Gasteiger partial charge in [-0.25, -0.2) is 4.39 Å². The second kappa shape index (κ2) is 7.44. The number of halogens is 1. The van der Waals surface area contributed by atoms with Crippen LogP contribution in [0.2, 0.25) is 0 Å². The Bertz CT molecular complexity index is 616. The summed E-state index contributed by atoms with van der Waals surface area (Å²) in [5.41, 5.74) is 2.23. The van der Waals surface area contributed by atoms with Gasteiger partial charge in [-0.2, -0.15) is 5.26 Å². The lowest BCUT2D eigenvalue weighted by atomic mass is 9.92. The summed E-state index contributed by atoms with van der Waals surface area (Å²) in [5, 5.41) is 9.32. The van der Waals surface area contributed by atoms with E-state index in [9.17, 15) is 9.65 Å². The lowest BCUT2D eigenvalue weighted by molar-refractivity contribution is 0.304. The monoisotopic (exact) mass is 283 g/mol. The molecule has 0 radical (unpaired) electrons. The number of hydrogen-bond acceptors (Lipinski definition) is 2. The van der Waals surface area contributed by atoms with E-state index in [4.69, 9.17) is 4.74 Å². The van der Waals surface area contributed by atoms with Gasteiger partial charge in [-0.05, 0) is 55.2 Å². The summed E-state index contributed by atoms with van der Waals surface area (Å²) in [6.45, 7) is 2.55. The van der Waals surface area contributed by atoms with Crippen molar-refractivity contribution in [2.75, 3.05) is 6.61 Å². The second-order valence-corrected chi connectivity index (χ2v) is 4.98. The first-order valence-electron chi connectivity index (χ1n) is 7.04. The van der Waals surface area contributed by atoms with Gasteiger partial charge in [-0.15, -0.1) is 0 Å². The Morgan fingerprint density at radius 1 is 1.14 bits per heavy atom. The largest absolute Gasteiger partial charge is 0.494 e. The summed E-state index contributed by atoms with van der Waals surface area (Å²) in [6.07, 6.45) is 1.53. The molecule has 0 N–H and O–H groups in total. The summed E-state index contributed by atoms with van der Waals surface area (Å²) in [5.74, 6) is 0.273. The number of rotatable bonds is 6. The van der Waals surface area contributed by atoms with Gasteiger partial charge in [0.05, 0.1) is 18.6 Å². The van der Waals surface area contributed by atoms with E-state index in [0.29, 0.717) is 12.4 Å². The van der Waals surface area contributed by atoms with Gasteiger partial charge in [-0.3, -0.25) is 0 Å². The molecule has 108 valence electrons. The fourth-order valence-electron chi connectivity index (χ4n) is 2.28. The molecule has 2 aromatic rings. The SMILES string of the molecule is Cc1ccccc1C(C#N)CCCOc1ccc(F)cc1. The molecule has 0 fully saturated rings. The van der Waals surface area contributed by atoms with Crippen LogP contribution in [0.5, 0.6) is 5.75 Å². The smallest absolute Gasteiger partial charge is 0.123 e. The molecular weight excluding hydrogens is 265 g/mol. The van der Waals surface area contributed by atoms with E-state index in [1.165, 1.54) is 12.1 Å². The minimum atomic E-state index is -0.272. The van der Waals surface area contributed by atoms with Gasteiger partial charge in [0.15, 0.2) is 0 Å². The van der Waals surface area contributed by atoms with Crippen LogP contribution in [0.1, 0.15) is 29.9 Å². The molecule has 0 bridgehead atoms. The molecule has 0 aliphatic carbocycles. The molecule has 2 aromatic carbocycles. The average molecular weight is 283 g/mol. The van der Waals surface area contributed by atoms with E-state index in [-0.39, 0.29) is 11.7 Å². The molecule has 3 heteroatoms. The average Bonchev–Trinajstić information content (AvgIpc) is 2.50. The van der Waals surface area contributed by atoms with Crippen molar-refractivity contribution in [3.05, 3.63) is 65.5 Å². The van der Waals surface area contributed by atoms with E-state index in [1.54, 1.807) is 12.1 Å². The minimum Gasteiger partial charge on any atom is -0.494 e. The Labute approximate surface area is 124 Å². The maximum Gasteiger partial charge on any atom is 0.123 e. The highest BCUT2D eigenvalue weighted by molar-refractivity contribution is 5.32. The predicted octanol–water partition coefficient (Wildman–Crippen LogP) is 4.60. The van der Waals surface area contributed by atoms with Gasteiger partial charge in [0.2, 0.25) is 0 Å². The molecule has 0 spiro atoms. The molecule has 1 atom stereocenters. The van der Waals surface area contributed by atoms with E-state index >= 15 is 0 Å². The van der Waals surface area contributed by atoms with Gasteiger partial charge in [0.25, 0.3) is 0 Å². The number of ether oxygens (including phenoxy) is 1. The molecule has 0 saturated carbocycles. The summed E-state index contributed by atoms with van der Waals surface area (Å²) >= 11 is 0. The van der Waals surface area contributed by atoms with Crippen molar-refractivity contribution in [3.8, 4) is 11.8 Å². The Kier molecular flexibility index (Phi) is 5.34. The van der Waals surface area contributed by atoms with Crippen molar-refractivity contribution in [2.24, 2.45) is 0 Å². The van der Waals surface area contributed by atoms with Crippen LogP contribution in [0.4, 0.5) is 4.39 Å². The van der Waals surface area contributed by atoms with Crippen molar-refractivity contribution >= 4 is 0 Å². The zero-order valence-electron chi connectivity index (χ0n) is 12.1. The molecule has 2 nitrogen and oxygen atoms in total. The van der Waals surface area contributed by atoms with Crippen LogP contribution in [0.3, 0.4) is 0 Å². The zero-order valence-corrected chi connectivity index (χ0v) is 12.1. The number of nitrogens with zero attached hydrogens (tertiary/aromatic N) is 1. The zero-order chi connectivity index (χ0) is 15.1. The molecule has 0 aromatic heterocycles. The quantitative estimate of drug-likeness (QED) is 0.726. The topological polar surface area (TPSA) is 33.0 Å². The van der Waals surface area contributed by atoms with Crippen LogP contribution >= 0.6 is 0 Å². The normalized spacial score (nSPS) is 11.7. The maximum absolute atomic E-state index is 12.8. The van der Waals surface area contributed by atoms with Gasteiger partial charge in [-0.1, -0.05) is 24.3 Å². The molecule has 0 heterocycles. The van der Waals surface area contributed by atoms with Crippen molar-refractivity contribution in [3.63, 3.8) is 0 Å². The van der Waals surface area contributed by atoms with Crippen molar-refractivity contribution in [1.29, 1.82) is 5.26 Å². The fourth-order valence-corrected chi connectivity index (χ4v) is 2.28. The highest BCUT2D eigenvalue weighted by Gasteiger charge is 2.12. The van der Waals surface area contributed by atoms with Crippen LogP contribution in [0.15, 0.2) is 48.5 Å². The van der Waals surface area contributed by atoms with Gasteiger partial charge in [0, 0.05) is 0 Å². The lowest BCUT2D eigenvalue weighted by Gasteiger charge is -2.12. The molecule has 2 rings (SSSR count). The molecule has 0 saturated heterocycles. The third-order valence-corrected chi connectivity index (χ3v) is 3.44. The first-order chi connectivity index (χ1) is 10.2. The van der Waals surface area contributed by atoms with Crippen LogP contribution in [-0.2, 0) is 0 Å². The van der Waals surface area contributed by atoms with Crippen LogP contribution in [0.25, 0.3) is 0 Å². The predicted molar refractivity (Wildman–Crippen MR) is 80.7 cm³/mol. The van der Waals surface area contributed by atoms with E-state index in [0.717, 1.165) is 24.0 Å². The van der Waals surface area contributed by atoms with Gasteiger partial charge < -0.3 is 4.74 Å². The number of hydrogen-bond donors (Lipinski definition) is 0. The molecule has 1 unspecified atom stereocenters. The summed E-state index contributed by atoms with van der Waals surface area (Å²) in [7, 11) is 0. The second-order valence-electron chi connectivity index (χ2n) is 4.98. The molecular formula is C18H18FNO. The summed E-state index contributed by atoms with van der Waals surface area (Å²) in [4.78, 5) is 0. The third kappa shape index (κ3) is 4.32. The maximum atomic E-state index is 12.8. The highest BCUT2D eigenvalue weighted by Crippen LogP contribution is 2.23. The third-order valence-electron chi connectivity index (χ3n) is 3.44. The Morgan fingerprint density at radius 3 is 2.52 bits per heavy atom. The molecule has 0 amide bonds. The van der Waals surface area contributed by atoms with E-state index in [2.05, 4.69) is 6.07 Å². The van der Waals surface area contributed by atoms with Crippen LogP contribution < -0.4 is 4.74 Å². The molecule has 21 heavy (non-hydrogen) atoms. The number of nitriles is 1. The van der Waals surface area contributed by atoms with Crippen molar-refractivity contribution in [2.45, 2.75) is 25.7 Å². The minimum absolute atomic E-state index is 0.108. The Morgan fingerprint density at radius 2 is 1.86 bits per heavy atom. The Balaban J connectivity index is 1.83. The fraction of sp³-hybridized carbons (Fsp3) is 0.278. The number of aryl methyl sites for hydroxylation is 1. The molecule has 0 aliphatic heterocycles. The summed E-state index contributed by atoms with van der Waals surface area (Å²) < 4.78 is 18.3. The van der Waals surface area contributed by atoms with Crippen molar-refractivity contribution < 1.29 is 9.13 Å². The van der Waals surface area contributed by atoms with Crippen LogP contribution in [0, 0.1) is 24.1 Å². The van der Waals surface area contributed by atoms with Gasteiger partial charge >= 0.3 is 0 Å². The first-order valence-corrected chi connectivity index (χ1v) is 7.04. The van der Waals surface area contributed by atoms with Crippen LogP contribution in [-0.4, -0.2) is 6.61 Å². The number of benzene rings is 2. The standard InChI is InChI=1S/C18H18FNO/c1-14-5-2-3-7-18(14)15(13-20)6-4-12-21-17-10-8-16(19)9-11-17/h2-3,5,7-11,15H,4,6,12H2,1H3. The Hall–Kier alpha value is -2.34. The molecule has 0 aliphatic rings. The highest BCUT2D eigenvalue weighted by atomic mass is 19.1. The first kappa shape index (κ1) is 15.1. The van der Waals surface area contributed by atoms with E-state index < -0.39 is 0 Å². The summed E-state index contributed by atoms with van der Waals surface area (Å²) in [6, 6.07) is 16.3.